The van der Waals surface area contributed by atoms with Gasteiger partial charge in [0.25, 0.3) is 5.56 Å². The van der Waals surface area contributed by atoms with Gasteiger partial charge in [-0.05, 0) is 24.3 Å². The number of aromatic nitrogens is 2. The topological polar surface area (TPSA) is 53.4 Å². The number of rotatable bonds is 2. The molecule has 4 rings (SSSR count). The first kappa shape index (κ1) is 13.3. The Hall–Kier alpha value is -2.34. The van der Waals surface area contributed by atoms with Gasteiger partial charge in [-0.2, -0.15) is 0 Å². The summed E-state index contributed by atoms with van der Waals surface area (Å²) in [5.41, 5.74) is 1.50. The van der Waals surface area contributed by atoms with Crippen molar-refractivity contribution in [2.24, 2.45) is 0 Å². The maximum atomic E-state index is 12.6. The molecule has 2 aromatic carbocycles. The number of fused-ring (bicyclic) bond motifs is 2. The minimum Gasteiger partial charge on any atom is -0.454 e. The molecule has 0 saturated carbocycles. The van der Waals surface area contributed by atoms with Gasteiger partial charge in [-0.15, -0.1) is 0 Å². The summed E-state index contributed by atoms with van der Waals surface area (Å²) >= 11 is 3.39. The average Bonchev–Trinajstić information content (AvgIpc) is 3.00. The number of halogens is 1. The van der Waals surface area contributed by atoms with Crippen LogP contribution in [0.15, 0.2) is 52.0 Å². The first-order valence-corrected chi connectivity index (χ1v) is 7.54. The smallest absolute Gasteiger partial charge is 0.261 e. The van der Waals surface area contributed by atoms with Crippen LogP contribution in [0.5, 0.6) is 11.5 Å². The highest BCUT2D eigenvalue weighted by Crippen LogP contribution is 2.35. The lowest BCUT2D eigenvalue weighted by Gasteiger charge is -2.09. The Bertz CT molecular complexity index is 936. The Morgan fingerprint density at radius 2 is 2.14 bits per heavy atom. The normalized spacial score (nSPS) is 12.8. The highest BCUT2D eigenvalue weighted by atomic mass is 79.9. The molecule has 0 spiro atoms. The molecule has 1 aromatic heterocycles. The molecule has 6 heteroatoms. The third-order valence-corrected chi connectivity index (χ3v) is 4.10. The Kier molecular flexibility index (Phi) is 3.11. The van der Waals surface area contributed by atoms with E-state index in [0.717, 1.165) is 10.0 Å². The van der Waals surface area contributed by atoms with Gasteiger partial charge in [0.2, 0.25) is 6.79 Å². The van der Waals surface area contributed by atoms with E-state index in [4.69, 9.17) is 9.47 Å². The van der Waals surface area contributed by atoms with E-state index >= 15 is 0 Å². The summed E-state index contributed by atoms with van der Waals surface area (Å²) in [5.74, 6) is 1.41. The molecule has 110 valence electrons. The third kappa shape index (κ3) is 2.16. The molecule has 0 saturated heterocycles. The van der Waals surface area contributed by atoms with Crippen molar-refractivity contribution in [2.75, 3.05) is 6.79 Å². The molecular weight excluding hydrogens is 348 g/mol. The summed E-state index contributed by atoms with van der Waals surface area (Å²) in [7, 11) is 0. The molecular formula is C16H11BrN2O3. The zero-order chi connectivity index (χ0) is 15.1. The Labute approximate surface area is 134 Å². The highest BCUT2D eigenvalue weighted by Gasteiger charge is 2.17. The van der Waals surface area contributed by atoms with Crippen LogP contribution in [0.2, 0.25) is 0 Å². The van der Waals surface area contributed by atoms with Gasteiger partial charge in [-0.1, -0.05) is 28.1 Å². The minimum atomic E-state index is -0.0807. The molecule has 5 nitrogen and oxygen atoms in total. The molecule has 2 heterocycles. The van der Waals surface area contributed by atoms with Gasteiger partial charge in [0.05, 0.1) is 23.8 Å². The number of hydrogen-bond acceptors (Lipinski definition) is 4. The summed E-state index contributed by atoms with van der Waals surface area (Å²) in [6.07, 6.45) is 1.56. The first-order chi connectivity index (χ1) is 10.7. The van der Waals surface area contributed by atoms with Crippen molar-refractivity contribution >= 4 is 26.8 Å². The maximum Gasteiger partial charge on any atom is 0.261 e. The molecule has 0 N–H and O–H groups in total. The average molecular weight is 359 g/mol. The SMILES string of the molecule is O=c1c2cc(Br)ccc2ncn1Cc1cccc2c1OCO2. The van der Waals surface area contributed by atoms with E-state index in [1.165, 1.54) is 0 Å². The van der Waals surface area contributed by atoms with E-state index in [0.29, 0.717) is 28.9 Å². The van der Waals surface area contributed by atoms with Crippen LogP contribution < -0.4 is 15.0 Å². The summed E-state index contributed by atoms with van der Waals surface area (Å²) in [6, 6.07) is 11.1. The van der Waals surface area contributed by atoms with E-state index in [1.54, 1.807) is 17.0 Å². The van der Waals surface area contributed by atoms with Crippen molar-refractivity contribution in [1.29, 1.82) is 0 Å². The fourth-order valence-corrected chi connectivity index (χ4v) is 2.90. The monoisotopic (exact) mass is 358 g/mol. The van der Waals surface area contributed by atoms with E-state index in [2.05, 4.69) is 20.9 Å². The van der Waals surface area contributed by atoms with Crippen LogP contribution in [0, 0.1) is 0 Å². The quantitative estimate of drug-likeness (QED) is 0.706. The van der Waals surface area contributed by atoms with Gasteiger partial charge in [0, 0.05) is 10.0 Å². The van der Waals surface area contributed by atoms with Crippen LogP contribution >= 0.6 is 15.9 Å². The van der Waals surface area contributed by atoms with Gasteiger partial charge < -0.3 is 9.47 Å². The second-order valence-corrected chi connectivity index (χ2v) is 5.91. The summed E-state index contributed by atoms with van der Waals surface area (Å²) in [6.45, 7) is 0.602. The van der Waals surface area contributed by atoms with E-state index < -0.39 is 0 Å². The van der Waals surface area contributed by atoms with Gasteiger partial charge in [-0.3, -0.25) is 9.36 Å². The molecule has 3 aromatic rings. The molecule has 0 unspecified atom stereocenters. The van der Waals surface area contributed by atoms with Crippen LogP contribution in [0.4, 0.5) is 0 Å². The number of nitrogens with zero attached hydrogens (tertiary/aromatic N) is 2. The molecule has 0 bridgehead atoms. The fraction of sp³-hybridized carbons (Fsp3) is 0.125. The third-order valence-electron chi connectivity index (χ3n) is 3.60. The number of ether oxygens (including phenoxy) is 2. The summed E-state index contributed by atoms with van der Waals surface area (Å²) in [4.78, 5) is 17.0. The van der Waals surface area contributed by atoms with Crippen molar-refractivity contribution < 1.29 is 9.47 Å². The second kappa shape index (κ2) is 5.14. The van der Waals surface area contributed by atoms with Crippen LogP contribution in [0.25, 0.3) is 10.9 Å². The van der Waals surface area contributed by atoms with Gasteiger partial charge in [-0.25, -0.2) is 4.98 Å². The Morgan fingerprint density at radius 3 is 3.05 bits per heavy atom. The van der Waals surface area contributed by atoms with Crippen molar-refractivity contribution in [1.82, 2.24) is 9.55 Å². The second-order valence-electron chi connectivity index (χ2n) is 4.99. The van der Waals surface area contributed by atoms with Gasteiger partial charge in [0.1, 0.15) is 0 Å². The van der Waals surface area contributed by atoms with Crippen LogP contribution in [-0.4, -0.2) is 16.3 Å². The van der Waals surface area contributed by atoms with Crippen LogP contribution in [-0.2, 0) is 6.54 Å². The van der Waals surface area contributed by atoms with E-state index in [-0.39, 0.29) is 12.4 Å². The first-order valence-electron chi connectivity index (χ1n) is 6.74. The molecule has 0 radical (unpaired) electrons. The molecule has 1 aliphatic rings. The predicted octanol–water partition coefficient (Wildman–Crippen LogP) is 2.94. The Morgan fingerprint density at radius 1 is 1.23 bits per heavy atom. The number of benzene rings is 2. The van der Waals surface area contributed by atoms with Crippen molar-refractivity contribution in [3.8, 4) is 11.5 Å². The molecule has 0 atom stereocenters. The predicted molar refractivity (Wildman–Crippen MR) is 85.4 cm³/mol. The van der Waals surface area contributed by atoms with E-state index in [9.17, 15) is 4.79 Å². The molecule has 0 aliphatic carbocycles. The van der Waals surface area contributed by atoms with Crippen molar-refractivity contribution in [3.05, 3.63) is 63.1 Å². The lowest BCUT2D eigenvalue weighted by atomic mass is 10.2. The number of hydrogen-bond donors (Lipinski definition) is 0. The van der Waals surface area contributed by atoms with Gasteiger partial charge in [0.15, 0.2) is 11.5 Å². The van der Waals surface area contributed by atoms with Gasteiger partial charge >= 0.3 is 0 Å². The van der Waals surface area contributed by atoms with Crippen molar-refractivity contribution in [2.45, 2.75) is 6.54 Å². The van der Waals surface area contributed by atoms with E-state index in [1.807, 2.05) is 30.3 Å². The summed E-state index contributed by atoms with van der Waals surface area (Å²) in [5, 5.41) is 0.585. The summed E-state index contributed by atoms with van der Waals surface area (Å²) < 4.78 is 13.3. The largest absolute Gasteiger partial charge is 0.454 e. The molecule has 0 amide bonds. The zero-order valence-corrected chi connectivity index (χ0v) is 13.0. The number of para-hydroxylation sites is 1. The standard InChI is InChI=1S/C16H11BrN2O3/c17-11-4-5-13-12(6-11)16(20)19(8-18-13)7-10-2-1-3-14-15(10)22-9-21-14/h1-6,8H,7,9H2. The highest BCUT2D eigenvalue weighted by molar-refractivity contribution is 9.10. The minimum absolute atomic E-state index is 0.0807. The Balaban J connectivity index is 1.81. The van der Waals surface area contributed by atoms with Crippen LogP contribution in [0.1, 0.15) is 5.56 Å². The zero-order valence-electron chi connectivity index (χ0n) is 11.5. The maximum absolute atomic E-state index is 12.6. The lowest BCUT2D eigenvalue weighted by Crippen LogP contribution is -2.21. The molecule has 0 fully saturated rings. The molecule has 22 heavy (non-hydrogen) atoms. The fourth-order valence-electron chi connectivity index (χ4n) is 2.54. The van der Waals surface area contributed by atoms with Crippen molar-refractivity contribution in [3.63, 3.8) is 0 Å². The molecule has 1 aliphatic heterocycles. The lowest BCUT2D eigenvalue weighted by molar-refractivity contribution is 0.173. The van der Waals surface area contributed by atoms with Crippen LogP contribution in [0.3, 0.4) is 0 Å².